The van der Waals surface area contributed by atoms with Gasteiger partial charge < -0.3 is 16.4 Å². The van der Waals surface area contributed by atoms with E-state index in [-0.39, 0.29) is 5.54 Å². The van der Waals surface area contributed by atoms with Crippen LogP contribution < -0.4 is 16.4 Å². The minimum absolute atomic E-state index is 0.257. The Morgan fingerprint density at radius 3 is 2.28 bits per heavy atom. The summed E-state index contributed by atoms with van der Waals surface area (Å²) in [6.45, 7) is 12.3. The van der Waals surface area contributed by atoms with E-state index in [1.54, 1.807) is 0 Å². The summed E-state index contributed by atoms with van der Waals surface area (Å²) >= 11 is 0. The zero-order chi connectivity index (χ0) is 13.6. The van der Waals surface area contributed by atoms with Gasteiger partial charge in [0.05, 0.1) is 0 Å². The van der Waals surface area contributed by atoms with Crippen molar-refractivity contribution in [2.24, 2.45) is 11.1 Å². The summed E-state index contributed by atoms with van der Waals surface area (Å²) in [5, 5.41) is 7.25. The van der Waals surface area contributed by atoms with Crippen LogP contribution in [0.5, 0.6) is 0 Å². The summed E-state index contributed by atoms with van der Waals surface area (Å²) in [6.07, 6.45) is 6.24. The quantitative estimate of drug-likeness (QED) is 0.654. The van der Waals surface area contributed by atoms with Crippen LogP contribution in [0.1, 0.15) is 59.8 Å². The van der Waals surface area contributed by atoms with E-state index < -0.39 is 0 Å². The van der Waals surface area contributed by atoms with Crippen LogP contribution in [0.2, 0.25) is 0 Å². The Morgan fingerprint density at radius 2 is 1.72 bits per heavy atom. The first-order valence-corrected chi connectivity index (χ1v) is 7.53. The monoisotopic (exact) mass is 255 g/mol. The van der Waals surface area contributed by atoms with Crippen molar-refractivity contribution in [1.29, 1.82) is 0 Å². The van der Waals surface area contributed by atoms with Crippen LogP contribution in [0.15, 0.2) is 0 Å². The number of hydrogen-bond acceptors (Lipinski definition) is 3. The lowest BCUT2D eigenvalue weighted by atomic mass is 9.84. The number of piperidine rings is 1. The van der Waals surface area contributed by atoms with Crippen LogP contribution in [0.4, 0.5) is 0 Å². The number of hydrogen-bond donors (Lipinski definition) is 3. The first-order chi connectivity index (χ1) is 8.35. The maximum Gasteiger partial charge on any atom is 0.0127 e. The molecule has 3 heteroatoms. The molecule has 18 heavy (non-hydrogen) atoms. The van der Waals surface area contributed by atoms with E-state index in [2.05, 4.69) is 38.3 Å². The Morgan fingerprint density at radius 1 is 1.11 bits per heavy atom. The predicted molar refractivity (Wildman–Crippen MR) is 79.8 cm³/mol. The third-order valence-electron chi connectivity index (χ3n) is 4.14. The number of nitrogens with one attached hydrogen (secondary N) is 2. The molecule has 1 rings (SSSR count). The molecule has 0 spiro atoms. The fourth-order valence-electron chi connectivity index (χ4n) is 2.70. The van der Waals surface area contributed by atoms with Gasteiger partial charge in [0.2, 0.25) is 0 Å². The second-order valence-corrected chi connectivity index (χ2v) is 7.27. The molecule has 0 unspecified atom stereocenters. The van der Waals surface area contributed by atoms with E-state index in [0.29, 0.717) is 11.5 Å². The molecule has 1 fully saturated rings. The van der Waals surface area contributed by atoms with Gasteiger partial charge in [0.1, 0.15) is 0 Å². The molecular weight excluding hydrogens is 222 g/mol. The Hall–Kier alpha value is -0.120. The van der Waals surface area contributed by atoms with E-state index in [9.17, 15) is 0 Å². The van der Waals surface area contributed by atoms with E-state index in [1.807, 2.05) is 0 Å². The zero-order valence-corrected chi connectivity index (χ0v) is 12.8. The highest BCUT2D eigenvalue weighted by Crippen LogP contribution is 2.24. The molecule has 0 atom stereocenters. The predicted octanol–water partition coefficient (Wildman–Crippen LogP) is 2.26. The molecule has 0 aromatic rings. The van der Waals surface area contributed by atoms with Crippen LogP contribution in [0.25, 0.3) is 0 Å². The molecule has 1 aliphatic heterocycles. The van der Waals surface area contributed by atoms with Gasteiger partial charge in [-0.15, -0.1) is 0 Å². The molecule has 0 bridgehead atoms. The third-order valence-corrected chi connectivity index (χ3v) is 4.14. The fraction of sp³-hybridized carbons (Fsp3) is 1.00. The van der Waals surface area contributed by atoms with Gasteiger partial charge in [0.25, 0.3) is 0 Å². The minimum Gasteiger partial charge on any atom is -0.330 e. The molecule has 0 aliphatic carbocycles. The van der Waals surface area contributed by atoms with Gasteiger partial charge in [0.15, 0.2) is 0 Å². The Kier molecular flexibility index (Phi) is 6.09. The van der Waals surface area contributed by atoms with E-state index in [4.69, 9.17) is 5.73 Å². The maximum absolute atomic E-state index is 5.78. The van der Waals surface area contributed by atoms with Gasteiger partial charge in [-0.1, -0.05) is 20.3 Å². The Balaban J connectivity index is 2.26. The van der Waals surface area contributed by atoms with Gasteiger partial charge in [-0.05, 0) is 64.6 Å². The molecular formula is C15H33N3. The molecule has 108 valence electrons. The number of nitrogens with two attached hydrogens (primary N) is 1. The van der Waals surface area contributed by atoms with Crippen LogP contribution in [-0.2, 0) is 0 Å². The molecule has 1 saturated heterocycles. The van der Waals surface area contributed by atoms with Crippen molar-refractivity contribution in [2.75, 3.05) is 19.6 Å². The fourth-order valence-corrected chi connectivity index (χ4v) is 2.70. The smallest absolute Gasteiger partial charge is 0.0127 e. The second-order valence-electron chi connectivity index (χ2n) is 7.27. The van der Waals surface area contributed by atoms with Crippen molar-refractivity contribution in [1.82, 2.24) is 10.6 Å². The van der Waals surface area contributed by atoms with Crippen LogP contribution >= 0.6 is 0 Å². The topological polar surface area (TPSA) is 50.1 Å². The average molecular weight is 255 g/mol. The zero-order valence-electron chi connectivity index (χ0n) is 12.8. The van der Waals surface area contributed by atoms with E-state index >= 15 is 0 Å². The lowest BCUT2D eigenvalue weighted by Crippen LogP contribution is -2.50. The summed E-state index contributed by atoms with van der Waals surface area (Å²) < 4.78 is 0. The number of rotatable bonds is 7. The van der Waals surface area contributed by atoms with Crippen molar-refractivity contribution in [3.63, 3.8) is 0 Å². The lowest BCUT2D eigenvalue weighted by Gasteiger charge is -2.35. The van der Waals surface area contributed by atoms with Crippen molar-refractivity contribution in [3.05, 3.63) is 0 Å². The maximum atomic E-state index is 5.78. The molecule has 3 nitrogen and oxygen atoms in total. The Bertz CT molecular complexity index is 230. The standard InChI is InChI=1S/C15H33N3/c1-14(2,12-16)8-5-9-15(3,4)18-13-6-10-17-11-7-13/h13,17-18H,5-12,16H2,1-4H3. The normalized spacial score (nSPS) is 19.2. The van der Waals surface area contributed by atoms with Gasteiger partial charge in [0, 0.05) is 11.6 Å². The van der Waals surface area contributed by atoms with E-state index in [0.717, 1.165) is 19.6 Å². The van der Waals surface area contributed by atoms with Crippen molar-refractivity contribution < 1.29 is 0 Å². The highest BCUT2D eigenvalue weighted by Gasteiger charge is 2.24. The molecule has 0 saturated carbocycles. The van der Waals surface area contributed by atoms with Gasteiger partial charge in [-0.3, -0.25) is 0 Å². The second kappa shape index (κ2) is 6.88. The molecule has 0 aromatic carbocycles. The molecule has 1 heterocycles. The van der Waals surface area contributed by atoms with Gasteiger partial charge >= 0.3 is 0 Å². The van der Waals surface area contributed by atoms with E-state index in [1.165, 1.54) is 32.1 Å². The molecule has 0 aromatic heterocycles. The third kappa shape index (κ3) is 6.17. The molecule has 1 aliphatic rings. The van der Waals surface area contributed by atoms with Crippen LogP contribution in [0.3, 0.4) is 0 Å². The van der Waals surface area contributed by atoms with Crippen molar-refractivity contribution in [3.8, 4) is 0 Å². The summed E-state index contributed by atoms with van der Waals surface area (Å²) in [5.41, 5.74) is 6.34. The van der Waals surface area contributed by atoms with Gasteiger partial charge in [-0.2, -0.15) is 0 Å². The van der Waals surface area contributed by atoms with Crippen molar-refractivity contribution >= 4 is 0 Å². The SMILES string of the molecule is CC(C)(CN)CCCC(C)(C)NC1CCNCC1. The summed E-state index contributed by atoms with van der Waals surface area (Å²) in [6, 6.07) is 0.698. The molecule has 0 radical (unpaired) electrons. The minimum atomic E-state index is 0.257. The van der Waals surface area contributed by atoms with Crippen molar-refractivity contribution in [2.45, 2.75) is 71.4 Å². The van der Waals surface area contributed by atoms with Gasteiger partial charge in [-0.25, -0.2) is 0 Å². The highest BCUT2D eigenvalue weighted by atomic mass is 15.0. The molecule has 0 amide bonds. The Labute approximate surface area is 113 Å². The van der Waals surface area contributed by atoms with Crippen LogP contribution in [-0.4, -0.2) is 31.2 Å². The first-order valence-electron chi connectivity index (χ1n) is 7.53. The van der Waals surface area contributed by atoms with Crippen LogP contribution in [0, 0.1) is 5.41 Å². The lowest BCUT2D eigenvalue weighted by molar-refractivity contribution is 0.250. The summed E-state index contributed by atoms with van der Waals surface area (Å²) in [7, 11) is 0. The summed E-state index contributed by atoms with van der Waals surface area (Å²) in [5.74, 6) is 0. The largest absolute Gasteiger partial charge is 0.330 e. The highest BCUT2D eigenvalue weighted by molar-refractivity contribution is 4.85. The average Bonchev–Trinajstić information content (AvgIpc) is 2.29. The molecule has 4 N–H and O–H groups in total. The first kappa shape index (κ1) is 15.9. The summed E-state index contributed by atoms with van der Waals surface area (Å²) in [4.78, 5) is 0.